The Bertz CT molecular complexity index is 1440. The number of hydrogen-bond acceptors (Lipinski definition) is 7. The molecule has 3 aromatic heterocycles. The molecule has 5 rings (SSSR count). The van der Waals surface area contributed by atoms with Crippen LogP contribution in [0.25, 0.3) is 28.1 Å². The van der Waals surface area contributed by atoms with Crippen molar-refractivity contribution in [1.82, 2.24) is 29.5 Å². The molecule has 3 heterocycles. The normalized spacial score (nSPS) is 11.0. The van der Waals surface area contributed by atoms with Gasteiger partial charge in [0.15, 0.2) is 5.52 Å². The van der Waals surface area contributed by atoms with E-state index >= 15 is 0 Å². The molecule has 170 valence electrons. The Labute approximate surface area is 195 Å². The highest BCUT2D eigenvalue weighted by Crippen LogP contribution is 2.23. The predicted molar refractivity (Wildman–Crippen MR) is 126 cm³/mol. The molecule has 0 N–H and O–H groups in total. The molecular formula is C25H22N6O3. The van der Waals surface area contributed by atoms with Crippen molar-refractivity contribution in [3.05, 3.63) is 84.3 Å². The average Bonchev–Trinajstić information content (AvgIpc) is 3.52. The predicted octanol–water partition coefficient (Wildman–Crippen LogP) is 3.91. The van der Waals surface area contributed by atoms with Gasteiger partial charge in [-0.2, -0.15) is 15.2 Å². The Hall–Kier alpha value is -4.53. The molecule has 0 unspecified atom stereocenters. The highest BCUT2D eigenvalue weighted by Gasteiger charge is 2.16. The molecule has 0 aliphatic rings. The second-order valence-electron chi connectivity index (χ2n) is 7.55. The maximum atomic E-state index is 11.9. The van der Waals surface area contributed by atoms with Crippen molar-refractivity contribution < 1.29 is 14.3 Å². The summed E-state index contributed by atoms with van der Waals surface area (Å²) in [4.78, 5) is 20.9. The number of rotatable bonds is 7. The SMILES string of the molecule is CCOC(=O)c1cnn(-c2nc(OC)c3nn(Cc4ccc(-c5ccccc5)cc4)cc3n2)c1. The van der Waals surface area contributed by atoms with Crippen LogP contribution in [0, 0.1) is 0 Å². The molecule has 0 atom stereocenters. The second kappa shape index (κ2) is 9.14. The van der Waals surface area contributed by atoms with Crippen LogP contribution in [-0.2, 0) is 11.3 Å². The largest absolute Gasteiger partial charge is 0.479 e. The average molecular weight is 454 g/mol. The molecule has 0 radical (unpaired) electrons. The van der Waals surface area contributed by atoms with E-state index in [1.807, 2.05) is 24.4 Å². The molecule has 0 aliphatic heterocycles. The molecule has 5 aromatic rings. The van der Waals surface area contributed by atoms with Crippen molar-refractivity contribution in [1.29, 1.82) is 0 Å². The van der Waals surface area contributed by atoms with E-state index in [4.69, 9.17) is 9.47 Å². The molecule has 0 bridgehead atoms. The van der Waals surface area contributed by atoms with E-state index in [2.05, 4.69) is 56.6 Å². The van der Waals surface area contributed by atoms with Gasteiger partial charge in [-0.05, 0) is 23.6 Å². The zero-order valence-electron chi connectivity index (χ0n) is 18.8. The van der Waals surface area contributed by atoms with Gasteiger partial charge in [0.05, 0.1) is 38.2 Å². The fourth-order valence-corrected chi connectivity index (χ4v) is 3.62. The minimum atomic E-state index is -0.451. The molecule has 9 nitrogen and oxygen atoms in total. The van der Waals surface area contributed by atoms with Crippen molar-refractivity contribution in [3.63, 3.8) is 0 Å². The Morgan fingerprint density at radius 2 is 1.74 bits per heavy atom. The van der Waals surface area contributed by atoms with Gasteiger partial charge >= 0.3 is 5.97 Å². The van der Waals surface area contributed by atoms with Crippen LogP contribution in [-0.4, -0.2) is 49.2 Å². The van der Waals surface area contributed by atoms with E-state index in [1.165, 1.54) is 29.7 Å². The zero-order valence-corrected chi connectivity index (χ0v) is 18.8. The fraction of sp³-hybridized carbons (Fsp3) is 0.160. The number of aromatic nitrogens is 6. The molecule has 0 amide bonds. The highest BCUT2D eigenvalue weighted by atomic mass is 16.5. The van der Waals surface area contributed by atoms with Crippen molar-refractivity contribution >= 4 is 17.0 Å². The third-order valence-corrected chi connectivity index (χ3v) is 5.26. The lowest BCUT2D eigenvalue weighted by molar-refractivity contribution is 0.0526. The van der Waals surface area contributed by atoms with E-state index in [0.29, 0.717) is 29.0 Å². The van der Waals surface area contributed by atoms with Crippen LogP contribution >= 0.6 is 0 Å². The Kier molecular flexibility index (Phi) is 5.73. The van der Waals surface area contributed by atoms with Crippen LogP contribution < -0.4 is 4.74 Å². The number of benzene rings is 2. The van der Waals surface area contributed by atoms with Crippen molar-refractivity contribution in [3.8, 4) is 23.0 Å². The number of hydrogen-bond donors (Lipinski definition) is 0. The van der Waals surface area contributed by atoms with E-state index in [9.17, 15) is 4.79 Å². The van der Waals surface area contributed by atoms with Crippen LogP contribution in [0.2, 0.25) is 0 Å². The topological polar surface area (TPSA) is 97.0 Å². The third-order valence-electron chi connectivity index (χ3n) is 5.26. The van der Waals surface area contributed by atoms with Gasteiger partial charge in [-0.25, -0.2) is 14.5 Å². The lowest BCUT2D eigenvalue weighted by Gasteiger charge is -2.05. The summed E-state index contributed by atoms with van der Waals surface area (Å²) in [6, 6.07) is 18.6. The summed E-state index contributed by atoms with van der Waals surface area (Å²) in [7, 11) is 1.53. The van der Waals surface area contributed by atoms with Gasteiger partial charge < -0.3 is 9.47 Å². The summed E-state index contributed by atoms with van der Waals surface area (Å²) in [5.74, 6) is 0.144. The quantitative estimate of drug-likeness (QED) is 0.344. The first-order valence-electron chi connectivity index (χ1n) is 10.8. The van der Waals surface area contributed by atoms with Gasteiger partial charge in [-0.1, -0.05) is 54.6 Å². The van der Waals surface area contributed by atoms with E-state index in [1.54, 1.807) is 11.6 Å². The maximum absolute atomic E-state index is 11.9. The van der Waals surface area contributed by atoms with E-state index in [0.717, 1.165) is 11.1 Å². The summed E-state index contributed by atoms with van der Waals surface area (Å²) in [6.07, 6.45) is 4.78. The molecule has 0 spiro atoms. The molecule has 0 saturated carbocycles. The molecule has 34 heavy (non-hydrogen) atoms. The van der Waals surface area contributed by atoms with Crippen LogP contribution in [0.3, 0.4) is 0 Å². The fourth-order valence-electron chi connectivity index (χ4n) is 3.62. The number of nitrogens with zero attached hydrogens (tertiary/aromatic N) is 6. The number of carbonyl (C=O) groups excluding carboxylic acids is 1. The lowest BCUT2D eigenvalue weighted by Crippen LogP contribution is -2.05. The summed E-state index contributed by atoms with van der Waals surface area (Å²) in [5.41, 5.74) is 4.91. The number of fused-ring (bicyclic) bond motifs is 1. The Morgan fingerprint density at radius 1 is 0.971 bits per heavy atom. The molecular weight excluding hydrogens is 432 g/mol. The van der Waals surface area contributed by atoms with Crippen molar-refractivity contribution in [2.75, 3.05) is 13.7 Å². The Balaban J connectivity index is 1.41. The first-order valence-corrected chi connectivity index (χ1v) is 10.8. The van der Waals surface area contributed by atoms with Gasteiger partial charge in [0.25, 0.3) is 5.95 Å². The van der Waals surface area contributed by atoms with E-state index in [-0.39, 0.29) is 12.6 Å². The van der Waals surface area contributed by atoms with Crippen molar-refractivity contribution in [2.45, 2.75) is 13.5 Å². The van der Waals surface area contributed by atoms with Gasteiger partial charge in [0.1, 0.15) is 5.52 Å². The summed E-state index contributed by atoms with van der Waals surface area (Å²) < 4.78 is 13.7. The number of ether oxygens (including phenoxy) is 2. The summed E-state index contributed by atoms with van der Waals surface area (Å²) >= 11 is 0. The number of methoxy groups -OCH3 is 1. The zero-order chi connectivity index (χ0) is 23.5. The summed E-state index contributed by atoms with van der Waals surface area (Å²) in [6.45, 7) is 2.60. The molecule has 0 aliphatic carbocycles. The van der Waals surface area contributed by atoms with Crippen LogP contribution in [0.1, 0.15) is 22.8 Å². The van der Waals surface area contributed by atoms with Crippen LogP contribution in [0.5, 0.6) is 5.88 Å². The molecule has 0 fully saturated rings. The molecule has 9 heteroatoms. The van der Waals surface area contributed by atoms with E-state index < -0.39 is 5.97 Å². The summed E-state index contributed by atoms with van der Waals surface area (Å²) in [5, 5.41) is 8.80. The van der Waals surface area contributed by atoms with Gasteiger partial charge in [0.2, 0.25) is 5.88 Å². The maximum Gasteiger partial charge on any atom is 0.341 e. The van der Waals surface area contributed by atoms with Gasteiger partial charge in [-0.3, -0.25) is 4.68 Å². The third kappa shape index (κ3) is 4.23. The first-order chi connectivity index (χ1) is 16.6. The van der Waals surface area contributed by atoms with Crippen LogP contribution in [0.4, 0.5) is 0 Å². The van der Waals surface area contributed by atoms with Gasteiger partial charge in [-0.15, -0.1) is 0 Å². The lowest BCUT2D eigenvalue weighted by atomic mass is 10.0. The van der Waals surface area contributed by atoms with Gasteiger partial charge in [0, 0.05) is 6.20 Å². The standard InChI is InChI=1S/C25H22N6O3/c1-3-34-24(32)20-13-26-31(15-20)25-27-21-16-30(29-22(21)23(28-25)33-2)14-17-9-11-19(12-10-17)18-7-5-4-6-8-18/h4-13,15-16H,3,14H2,1-2H3. The monoisotopic (exact) mass is 454 g/mol. The highest BCUT2D eigenvalue weighted by molar-refractivity contribution is 5.88. The second-order valence-corrected chi connectivity index (χ2v) is 7.55. The first kappa shape index (κ1) is 21.3. The minimum absolute atomic E-state index is 0.270. The Morgan fingerprint density at radius 3 is 2.47 bits per heavy atom. The molecule has 0 saturated heterocycles. The van der Waals surface area contributed by atoms with Crippen LogP contribution in [0.15, 0.2) is 73.2 Å². The number of carbonyl (C=O) groups is 1. The van der Waals surface area contributed by atoms with Crippen molar-refractivity contribution in [2.24, 2.45) is 0 Å². The molecule has 2 aromatic carbocycles. The number of esters is 1. The minimum Gasteiger partial charge on any atom is -0.479 e. The smallest absolute Gasteiger partial charge is 0.341 e.